The topological polar surface area (TPSA) is 17.1 Å². The average Bonchev–Trinajstić information content (AvgIpc) is 2.95. The molecule has 0 amide bonds. The number of rotatable bonds is 4. The van der Waals surface area contributed by atoms with Crippen LogP contribution in [0.25, 0.3) is 0 Å². The number of ketones is 1. The Labute approximate surface area is 167 Å². The van der Waals surface area contributed by atoms with Crippen molar-refractivity contribution in [1.29, 1.82) is 0 Å². The van der Waals surface area contributed by atoms with Gasteiger partial charge in [-0.3, -0.25) is 4.79 Å². The molecule has 0 aromatic rings. The summed E-state index contributed by atoms with van der Waals surface area (Å²) < 4.78 is 0. The Balaban J connectivity index is 1.51. The van der Waals surface area contributed by atoms with E-state index in [1.807, 2.05) is 0 Å². The maximum Gasteiger partial charge on any atom is 0.136 e. The fourth-order valence-electron chi connectivity index (χ4n) is 8.22. The van der Waals surface area contributed by atoms with Crippen molar-refractivity contribution < 1.29 is 4.79 Å². The summed E-state index contributed by atoms with van der Waals surface area (Å²) in [5.74, 6) is 4.98. The molecule has 0 heterocycles. The predicted octanol–water partition coefficient (Wildman–Crippen LogP) is 7.21. The Morgan fingerprint density at radius 2 is 1.74 bits per heavy atom. The number of fused-ring (bicyclic) bond motifs is 5. The zero-order valence-corrected chi connectivity index (χ0v) is 18.3. The minimum absolute atomic E-state index is 0.328. The van der Waals surface area contributed by atoms with E-state index in [9.17, 15) is 4.79 Å². The van der Waals surface area contributed by atoms with E-state index >= 15 is 0 Å². The smallest absolute Gasteiger partial charge is 0.136 e. The van der Waals surface area contributed by atoms with Crippen LogP contribution in [0.3, 0.4) is 0 Å². The zero-order chi connectivity index (χ0) is 19.2. The largest absolute Gasteiger partial charge is 0.299 e. The molecule has 4 aliphatic rings. The van der Waals surface area contributed by atoms with Gasteiger partial charge in [-0.2, -0.15) is 0 Å². The first-order chi connectivity index (χ1) is 12.9. The molecule has 4 saturated carbocycles. The van der Waals surface area contributed by atoms with Crippen LogP contribution in [0.15, 0.2) is 12.2 Å². The lowest BCUT2D eigenvalue weighted by molar-refractivity contribution is -0.153. The highest BCUT2D eigenvalue weighted by molar-refractivity contribution is 5.83. The maximum absolute atomic E-state index is 13.1. The van der Waals surface area contributed by atoms with Crippen molar-refractivity contribution in [2.75, 3.05) is 0 Å². The van der Waals surface area contributed by atoms with E-state index in [2.05, 4.69) is 39.8 Å². The highest BCUT2D eigenvalue weighted by atomic mass is 16.1. The van der Waals surface area contributed by atoms with Crippen molar-refractivity contribution in [3.05, 3.63) is 12.2 Å². The number of Topliss-reactive ketones (excluding diaryl/α,β-unsaturated/α-hetero) is 1. The standard InChI is InChI=1S/C26H42O/c1-18(2)9-5-6-10-19-12-13-21-20-17-24(27)23-11-7-8-15-26(23,4)22(20)14-16-25(19,21)3/h5-6,18-23H,7-17H2,1-4H3/b6-5+. The van der Waals surface area contributed by atoms with Gasteiger partial charge >= 0.3 is 0 Å². The Bertz CT molecular complexity index is 589. The van der Waals surface area contributed by atoms with E-state index in [0.717, 1.165) is 30.1 Å². The van der Waals surface area contributed by atoms with Crippen molar-refractivity contribution in [2.45, 2.75) is 98.3 Å². The molecule has 152 valence electrons. The Hall–Kier alpha value is -0.590. The summed E-state index contributed by atoms with van der Waals surface area (Å²) in [6.07, 6.45) is 19.0. The number of carbonyl (C=O) groups excluding carboxylic acids is 1. The molecule has 0 N–H and O–H groups in total. The summed E-state index contributed by atoms with van der Waals surface area (Å²) in [5, 5.41) is 0. The van der Waals surface area contributed by atoms with Crippen molar-refractivity contribution in [3.8, 4) is 0 Å². The fraction of sp³-hybridized carbons (Fsp3) is 0.885. The molecule has 0 aromatic heterocycles. The van der Waals surface area contributed by atoms with Gasteiger partial charge in [0.2, 0.25) is 0 Å². The van der Waals surface area contributed by atoms with E-state index in [1.165, 1.54) is 64.2 Å². The Kier molecular flexibility index (Phi) is 5.36. The van der Waals surface area contributed by atoms with Crippen molar-refractivity contribution in [1.82, 2.24) is 0 Å². The monoisotopic (exact) mass is 370 g/mol. The number of allylic oxidation sites excluding steroid dienone is 2. The van der Waals surface area contributed by atoms with Crippen LogP contribution >= 0.6 is 0 Å². The van der Waals surface area contributed by atoms with Crippen LogP contribution in [0.5, 0.6) is 0 Å². The van der Waals surface area contributed by atoms with Crippen molar-refractivity contribution in [2.24, 2.45) is 46.3 Å². The van der Waals surface area contributed by atoms with Gasteiger partial charge in [0.05, 0.1) is 0 Å². The van der Waals surface area contributed by atoms with Gasteiger partial charge in [-0.25, -0.2) is 0 Å². The first-order valence-electron chi connectivity index (χ1n) is 12.0. The number of carbonyl (C=O) groups is 1. The van der Waals surface area contributed by atoms with E-state index in [4.69, 9.17) is 0 Å². The fourth-order valence-corrected chi connectivity index (χ4v) is 8.22. The van der Waals surface area contributed by atoms with Gasteiger partial charge in [-0.05, 0) is 91.8 Å². The molecule has 0 aliphatic heterocycles. The van der Waals surface area contributed by atoms with Crippen molar-refractivity contribution in [3.63, 3.8) is 0 Å². The molecule has 27 heavy (non-hydrogen) atoms. The third kappa shape index (κ3) is 3.25. The second-order valence-corrected chi connectivity index (χ2v) is 11.5. The third-order valence-corrected chi connectivity index (χ3v) is 9.76. The van der Waals surface area contributed by atoms with Gasteiger partial charge in [0.15, 0.2) is 0 Å². The average molecular weight is 371 g/mol. The molecule has 0 saturated heterocycles. The molecule has 4 rings (SSSR count). The molecule has 0 aromatic carbocycles. The molecular formula is C26H42O. The minimum Gasteiger partial charge on any atom is -0.299 e. The molecule has 7 unspecified atom stereocenters. The molecular weight excluding hydrogens is 328 g/mol. The second kappa shape index (κ2) is 7.34. The van der Waals surface area contributed by atoms with E-state index in [-0.39, 0.29) is 0 Å². The van der Waals surface area contributed by atoms with E-state index in [0.29, 0.717) is 28.4 Å². The van der Waals surface area contributed by atoms with Gasteiger partial charge in [-0.15, -0.1) is 0 Å². The zero-order valence-electron chi connectivity index (χ0n) is 18.3. The lowest BCUT2D eigenvalue weighted by atomic mass is 9.44. The Morgan fingerprint density at radius 1 is 0.963 bits per heavy atom. The second-order valence-electron chi connectivity index (χ2n) is 11.5. The van der Waals surface area contributed by atoms with Crippen LogP contribution in [-0.2, 0) is 4.79 Å². The normalized spacial score (nSPS) is 47.1. The summed E-state index contributed by atoms with van der Waals surface area (Å²) in [6.45, 7) is 9.71. The molecule has 1 nitrogen and oxygen atoms in total. The number of hydrogen-bond acceptors (Lipinski definition) is 1. The molecule has 4 fully saturated rings. The summed E-state index contributed by atoms with van der Waals surface area (Å²) in [6, 6.07) is 0. The molecule has 1 heteroatoms. The van der Waals surface area contributed by atoms with Crippen LogP contribution in [-0.4, -0.2) is 5.78 Å². The summed E-state index contributed by atoms with van der Waals surface area (Å²) in [4.78, 5) is 13.1. The molecule has 4 aliphatic carbocycles. The quantitative estimate of drug-likeness (QED) is 0.478. The van der Waals surface area contributed by atoms with Gasteiger partial charge in [0.25, 0.3) is 0 Å². The van der Waals surface area contributed by atoms with Gasteiger partial charge in [0, 0.05) is 12.3 Å². The highest BCUT2D eigenvalue weighted by Gasteiger charge is 2.61. The highest BCUT2D eigenvalue weighted by Crippen LogP contribution is 2.67. The van der Waals surface area contributed by atoms with Gasteiger partial charge in [0.1, 0.15) is 5.78 Å². The molecule has 0 bridgehead atoms. The first-order valence-corrected chi connectivity index (χ1v) is 12.0. The lowest BCUT2D eigenvalue weighted by Crippen LogP contribution is -2.55. The lowest BCUT2D eigenvalue weighted by Gasteiger charge is -2.59. The summed E-state index contributed by atoms with van der Waals surface area (Å²) >= 11 is 0. The maximum atomic E-state index is 13.1. The molecule has 0 spiro atoms. The first kappa shape index (κ1) is 19.7. The third-order valence-electron chi connectivity index (χ3n) is 9.76. The Morgan fingerprint density at radius 3 is 2.52 bits per heavy atom. The van der Waals surface area contributed by atoms with Crippen LogP contribution in [0, 0.1) is 46.3 Å². The van der Waals surface area contributed by atoms with E-state index in [1.54, 1.807) is 0 Å². The van der Waals surface area contributed by atoms with Gasteiger partial charge in [-0.1, -0.05) is 52.7 Å². The summed E-state index contributed by atoms with van der Waals surface area (Å²) in [5.41, 5.74) is 0.816. The van der Waals surface area contributed by atoms with Crippen molar-refractivity contribution >= 4 is 5.78 Å². The van der Waals surface area contributed by atoms with Crippen LogP contribution in [0.2, 0.25) is 0 Å². The van der Waals surface area contributed by atoms with Crippen LogP contribution < -0.4 is 0 Å². The minimum atomic E-state index is 0.328. The van der Waals surface area contributed by atoms with Crippen LogP contribution in [0.4, 0.5) is 0 Å². The number of hydrogen-bond donors (Lipinski definition) is 0. The van der Waals surface area contributed by atoms with E-state index < -0.39 is 0 Å². The SMILES string of the molecule is CC(C)C/C=C/CC1CCC2C3CC(=O)C4CCCCC4(C)C3CCC12C. The molecule has 7 atom stereocenters. The molecule has 0 radical (unpaired) electrons. The van der Waals surface area contributed by atoms with Crippen LogP contribution in [0.1, 0.15) is 98.3 Å². The predicted molar refractivity (Wildman–Crippen MR) is 113 cm³/mol. The van der Waals surface area contributed by atoms with Gasteiger partial charge < -0.3 is 0 Å². The summed E-state index contributed by atoms with van der Waals surface area (Å²) in [7, 11) is 0.